The highest BCUT2D eigenvalue weighted by Gasteiger charge is 2.09. The van der Waals surface area contributed by atoms with E-state index in [-0.39, 0.29) is 93.8 Å². The van der Waals surface area contributed by atoms with Gasteiger partial charge in [0.15, 0.2) is 47.6 Å². The van der Waals surface area contributed by atoms with E-state index in [4.69, 9.17) is 35.7 Å². The van der Waals surface area contributed by atoms with E-state index in [1.54, 1.807) is 0 Å². The van der Waals surface area contributed by atoms with Gasteiger partial charge in [-0.25, -0.2) is 33.6 Å². The molecule has 0 spiro atoms. The van der Waals surface area contributed by atoms with E-state index in [1.807, 2.05) is 0 Å². The van der Waals surface area contributed by atoms with Gasteiger partial charge in [-0.1, -0.05) is 0 Å². The summed E-state index contributed by atoms with van der Waals surface area (Å²) in [6.45, 7) is 9.07. The zero-order chi connectivity index (χ0) is 60.8. The van der Waals surface area contributed by atoms with Crippen LogP contribution in [0.1, 0.15) is 48.5 Å². The summed E-state index contributed by atoms with van der Waals surface area (Å²) >= 11 is 0. The third-order valence-electron chi connectivity index (χ3n) is 5.16. The molecule has 0 aliphatic heterocycles. The maximum Gasteiger partial charge on any atom is 0.510 e. The molecule has 0 fully saturated rings. The van der Waals surface area contributed by atoms with Crippen LogP contribution < -0.4 is 0 Å². The molecular weight excluding hydrogens is 1060 g/mol. The van der Waals surface area contributed by atoms with Crippen molar-refractivity contribution in [2.45, 2.75) is 91.2 Å². The maximum absolute atomic E-state index is 10.5. The number of aliphatic hydroxyl groups excluding tert-OH is 7. The van der Waals surface area contributed by atoms with Crippen LogP contribution in [-0.4, -0.2) is 265 Å². The molecule has 0 aliphatic carbocycles. The molecule has 0 radical (unpaired) electrons. The Labute approximate surface area is 446 Å². The molecule has 0 bridgehead atoms. The van der Waals surface area contributed by atoms with Crippen molar-refractivity contribution in [3.8, 4) is 0 Å². The smallest absolute Gasteiger partial charge is 0.431 e. The van der Waals surface area contributed by atoms with Crippen molar-refractivity contribution >= 4 is 43.1 Å². The summed E-state index contributed by atoms with van der Waals surface area (Å²) in [4.78, 5) is 73.3. The van der Waals surface area contributed by atoms with Crippen molar-refractivity contribution in [1.29, 1.82) is 0 Å². The number of hydrogen-bond acceptors (Lipinski definition) is 35. The van der Waals surface area contributed by atoms with Gasteiger partial charge >= 0.3 is 43.1 Å². The molecule has 35 nitrogen and oxygen atoms in total. The number of ether oxygens (including phenoxy) is 21. The fraction of sp³-hybridized carbons (Fsp3) is 0.833. The number of carbonyl (C=O) groups is 7. The predicted octanol–water partition coefficient (Wildman–Crippen LogP) is 0.870. The van der Waals surface area contributed by atoms with Crippen LogP contribution >= 0.6 is 0 Å². The summed E-state index contributed by atoms with van der Waals surface area (Å²) < 4.78 is 92.4. The molecule has 0 aromatic heterocycles. The SMILES string of the molecule is COCOC(=O)OCC(C)O.COCOC(=O)OCC(C)O.COCOC(=O)OCC(C)O.COCOC(=O)OCC(C)O.COCOC(=O)OCC(C)O.COCOC(=O)OCC(C)O.COCOC(=O)OCC(C)O. The van der Waals surface area contributed by atoms with E-state index >= 15 is 0 Å². The monoisotopic (exact) mass is 1150 g/mol. The van der Waals surface area contributed by atoms with Gasteiger partial charge in [-0.3, -0.25) is 0 Å². The standard InChI is InChI=1S/7C6H12O5/c7*1-5(7)3-10-6(8)11-4-9-2/h7*5,7H,3-4H2,1-2H3. The minimum atomic E-state index is -0.840. The predicted molar refractivity (Wildman–Crippen MR) is 252 cm³/mol. The largest absolute Gasteiger partial charge is 0.510 e. The first-order valence-corrected chi connectivity index (χ1v) is 21.9. The van der Waals surface area contributed by atoms with Gasteiger partial charge < -0.3 is 135 Å². The first kappa shape index (κ1) is 85.3. The fourth-order valence-corrected chi connectivity index (χ4v) is 2.36. The van der Waals surface area contributed by atoms with Crippen LogP contribution in [0.2, 0.25) is 0 Å². The molecule has 0 rings (SSSR count). The van der Waals surface area contributed by atoms with Gasteiger partial charge in [-0.05, 0) is 48.5 Å². The highest BCUT2D eigenvalue weighted by molar-refractivity contribution is 5.61. The second kappa shape index (κ2) is 66.4. The first-order valence-electron chi connectivity index (χ1n) is 21.9. The van der Waals surface area contributed by atoms with Crippen LogP contribution in [0.4, 0.5) is 33.6 Å². The summed E-state index contributed by atoms with van der Waals surface area (Å²) in [6.07, 6.45) is -10.6. The molecule has 77 heavy (non-hydrogen) atoms. The molecule has 0 aromatic carbocycles. The van der Waals surface area contributed by atoms with E-state index in [9.17, 15) is 33.6 Å². The van der Waals surface area contributed by atoms with Crippen LogP contribution in [0, 0.1) is 0 Å². The lowest BCUT2D eigenvalue weighted by Gasteiger charge is -2.05. The Bertz CT molecular complexity index is 1060. The van der Waals surface area contributed by atoms with Crippen LogP contribution in [0.25, 0.3) is 0 Å². The summed E-state index contributed by atoms with van der Waals surface area (Å²) in [5, 5.41) is 60.6. The Morgan fingerprint density at radius 1 is 0.221 bits per heavy atom. The van der Waals surface area contributed by atoms with Gasteiger partial charge in [-0.2, -0.15) is 0 Å². The number of aliphatic hydroxyl groups is 7. The summed E-state index contributed by atoms with van der Waals surface area (Å²) in [5.41, 5.74) is 0. The van der Waals surface area contributed by atoms with Crippen LogP contribution in [0.5, 0.6) is 0 Å². The molecule has 7 N–H and O–H groups in total. The second-order valence-electron chi connectivity index (χ2n) is 13.7. The van der Waals surface area contributed by atoms with Crippen LogP contribution in [0.3, 0.4) is 0 Å². The molecule has 0 aromatic rings. The van der Waals surface area contributed by atoms with Gasteiger partial charge in [0.05, 0.1) is 42.7 Å². The third-order valence-corrected chi connectivity index (χ3v) is 5.16. The van der Waals surface area contributed by atoms with E-state index in [2.05, 4.69) is 99.5 Å². The van der Waals surface area contributed by atoms with Gasteiger partial charge in [0.1, 0.15) is 46.2 Å². The molecular formula is C42H84O35. The Morgan fingerprint density at radius 3 is 0.377 bits per heavy atom. The summed E-state index contributed by atoms with van der Waals surface area (Å²) in [6, 6.07) is 0. The normalized spacial score (nSPS) is 12.3. The van der Waals surface area contributed by atoms with Crippen molar-refractivity contribution in [2.24, 2.45) is 0 Å². The van der Waals surface area contributed by atoms with E-state index in [0.717, 1.165) is 0 Å². The Kier molecular flexibility index (Phi) is 73.6. The molecule has 0 saturated heterocycles. The number of methoxy groups -OCH3 is 7. The van der Waals surface area contributed by atoms with Gasteiger partial charge in [0.25, 0.3) is 0 Å². The molecule has 35 heteroatoms. The fourth-order valence-electron chi connectivity index (χ4n) is 2.36. The summed E-state index contributed by atoms with van der Waals surface area (Å²) in [5.74, 6) is 0. The molecule has 0 saturated carbocycles. The average molecular weight is 1150 g/mol. The van der Waals surface area contributed by atoms with Crippen LogP contribution in [0.15, 0.2) is 0 Å². The van der Waals surface area contributed by atoms with E-state index in [0.29, 0.717) is 0 Å². The third kappa shape index (κ3) is 99.9. The molecule has 0 aliphatic rings. The number of rotatable bonds is 28. The highest BCUT2D eigenvalue weighted by atomic mass is 16.8. The lowest BCUT2D eigenvalue weighted by Crippen LogP contribution is -2.16. The minimum absolute atomic E-state index is 0.0669. The van der Waals surface area contributed by atoms with Gasteiger partial charge in [-0.15, -0.1) is 0 Å². The first-order chi connectivity index (χ1) is 36.1. The van der Waals surface area contributed by atoms with Gasteiger partial charge in [0, 0.05) is 49.8 Å². The van der Waals surface area contributed by atoms with Crippen LogP contribution in [-0.2, 0) is 99.5 Å². The van der Waals surface area contributed by atoms with Crippen molar-refractivity contribution in [3.63, 3.8) is 0 Å². The number of carbonyl (C=O) groups excluding carboxylic acids is 7. The lowest BCUT2D eigenvalue weighted by atomic mass is 10.5. The Hall–Kier alpha value is -5.67. The van der Waals surface area contributed by atoms with E-state index in [1.165, 1.54) is 98.2 Å². The maximum atomic E-state index is 10.5. The van der Waals surface area contributed by atoms with Crippen molar-refractivity contribution in [3.05, 3.63) is 0 Å². The Balaban J connectivity index is -0.000000148. The van der Waals surface area contributed by atoms with Crippen molar-refractivity contribution in [2.75, 3.05) is 144 Å². The average Bonchev–Trinajstić information content (AvgIpc) is 3.37. The molecule has 0 amide bonds. The second-order valence-corrected chi connectivity index (χ2v) is 13.7. The van der Waals surface area contributed by atoms with Crippen molar-refractivity contribution < 1.29 is 169 Å². The zero-order valence-corrected chi connectivity index (χ0v) is 46.0. The minimum Gasteiger partial charge on any atom is -0.431 e. The van der Waals surface area contributed by atoms with E-state index < -0.39 is 85.8 Å². The summed E-state index contributed by atoms with van der Waals surface area (Å²) in [7, 11) is 9.74. The molecule has 462 valence electrons. The highest BCUT2D eigenvalue weighted by Crippen LogP contribution is 1.93. The molecule has 7 unspecified atom stereocenters. The van der Waals surface area contributed by atoms with Gasteiger partial charge in [0.2, 0.25) is 0 Å². The number of hydrogen-bond donors (Lipinski definition) is 7. The topological polar surface area (TPSA) is 455 Å². The molecule has 0 heterocycles. The Morgan fingerprint density at radius 2 is 0.312 bits per heavy atom. The zero-order valence-electron chi connectivity index (χ0n) is 46.0. The quantitative estimate of drug-likeness (QED) is 0.0325. The molecule has 7 atom stereocenters. The lowest BCUT2D eigenvalue weighted by molar-refractivity contribution is -0.0364. The van der Waals surface area contributed by atoms with Crippen molar-refractivity contribution in [1.82, 2.24) is 0 Å².